The Labute approximate surface area is 137 Å². The SMILES string of the molecule is Clc1ccc2c(Sc3cccc4cccnc34)ccnc2c1. The van der Waals surface area contributed by atoms with Crippen molar-refractivity contribution in [3.8, 4) is 0 Å². The van der Waals surface area contributed by atoms with Crippen LogP contribution < -0.4 is 0 Å². The fourth-order valence-corrected chi connectivity index (χ4v) is 3.69. The molecule has 0 saturated carbocycles. The molecule has 22 heavy (non-hydrogen) atoms. The van der Waals surface area contributed by atoms with Gasteiger partial charge in [-0.25, -0.2) is 0 Å². The summed E-state index contributed by atoms with van der Waals surface area (Å²) >= 11 is 7.76. The van der Waals surface area contributed by atoms with Crippen LogP contribution in [-0.2, 0) is 0 Å². The molecule has 2 heterocycles. The van der Waals surface area contributed by atoms with Crippen molar-refractivity contribution < 1.29 is 0 Å². The molecule has 0 fully saturated rings. The van der Waals surface area contributed by atoms with Crippen LogP contribution in [-0.4, -0.2) is 9.97 Å². The summed E-state index contributed by atoms with van der Waals surface area (Å²) < 4.78 is 0. The predicted molar refractivity (Wildman–Crippen MR) is 92.6 cm³/mol. The van der Waals surface area contributed by atoms with Crippen molar-refractivity contribution in [3.05, 3.63) is 72.0 Å². The number of para-hydroxylation sites is 1. The maximum absolute atomic E-state index is 6.05. The van der Waals surface area contributed by atoms with Crippen LogP contribution in [0.2, 0.25) is 5.02 Å². The number of hydrogen-bond donors (Lipinski definition) is 0. The second-order valence-corrected chi connectivity index (χ2v) is 6.42. The van der Waals surface area contributed by atoms with Crippen molar-refractivity contribution in [2.45, 2.75) is 9.79 Å². The molecule has 0 aliphatic heterocycles. The van der Waals surface area contributed by atoms with E-state index in [1.54, 1.807) is 11.8 Å². The maximum atomic E-state index is 6.05. The van der Waals surface area contributed by atoms with E-state index in [1.165, 1.54) is 0 Å². The zero-order valence-electron chi connectivity index (χ0n) is 11.5. The van der Waals surface area contributed by atoms with Gasteiger partial charge in [-0.2, -0.15) is 0 Å². The van der Waals surface area contributed by atoms with Crippen molar-refractivity contribution in [1.82, 2.24) is 9.97 Å². The van der Waals surface area contributed by atoms with Crippen molar-refractivity contribution in [1.29, 1.82) is 0 Å². The molecule has 0 spiro atoms. The summed E-state index contributed by atoms with van der Waals surface area (Å²) in [6.07, 6.45) is 3.65. The molecule has 4 aromatic rings. The Morgan fingerprint density at radius 1 is 0.818 bits per heavy atom. The van der Waals surface area contributed by atoms with Crippen LogP contribution >= 0.6 is 23.4 Å². The third kappa shape index (κ3) is 2.43. The topological polar surface area (TPSA) is 25.8 Å². The molecule has 0 aliphatic rings. The fraction of sp³-hybridized carbons (Fsp3) is 0. The molecule has 0 amide bonds. The second-order valence-electron chi connectivity index (χ2n) is 4.90. The van der Waals surface area contributed by atoms with E-state index in [9.17, 15) is 0 Å². The number of rotatable bonds is 2. The highest BCUT2D eigenvalue weighted by atomic mass is 35.5. The molecule has 0 saturated heterocycles. The Morgan fingerprint density at radius 3 is 2.68 bits per heavy atom. The number of halogens is 1. The summed E-state index contributed by atoms with van der Waals surface area (Å²) in [5.41, 5.74) is 1.93. The molecule has 0 unspecified atom stereocenters. The van der Waals surface area contributed by atoms with Gasteiger partial charge in [0.15, 0.2) is 0 Å². The van der Waals surface area contributed by atoms with Crippen LogP contribution in [0, 0.1) is 0 Å². The maximum Gasteiger partial charge on any atom is 0.0841 e. The monoisotopic (exact) mass is 322 g/mol. The van der Waals surface area contributed by atoms with E-state index < -0.39 is 0 Å². The highest BCUT2D eigenvalue weighted by Crippen LogP contribution is 2.36. The molecule has 106 valence electrons. The van der Waals surface area contributed by atoms with Crippen LogP contribution in [0.15, 0.2) is 76.8 Å². The lowest BCUT2D eigenvalue weighted by molar-refractivity contribution is 1.33. The highest BCUT2D eigenvalue weighted by Gasteiger charge is 2.08. The first-order chi connectivity index (χ1) is 10.8. The zero-order valence-corrected chi connectivity index (χ0v) is 13.1. The smallest absolute Gasteiger partial charge is 0.0841 e. The van der Waals surface area contributed by atoms with Crippen molar-refractivity contribution in [2.24, 2.45) is 0 Å². The Hall–Kier alpha value is -2.10. The quantitative estimate of drug-likeness (QED) is 0.481. The van der Waals surface area contributed by atoms with Gasteiger partial charge in [0, 0.05) is 38.0 Å². The van der Waals surface area contributed by atoms with E-state index in [-0.39, 0.29) is 0 Å². The molecule has 4 heteroatoms. The number of hydrogen-bond acceptors (Lipinski definition) is 3. The van der Waals surface area contributed by atoms with Crippen LogP contribution in [0.25, 0.3) is 21.8 Å². The largest absolute Gasteiger partial charge is 0.256 e. The minimum Gasteiger partial charge on any atom is -0.256 e. The van der Waals surface area contributed by atoms with Gasteiger partial charge in [-0.05, 0) is 30.3 Å². The summed E-state index contributed by atoms with van der Waals surface area (Å²) in [4.78, 5) is 11.2. The van der Waals surface area contributed by atoms with Crippen LogP contribution in [0.5, 0.6) is 0 Å². The summed E-state index contributed by atoms with van der Waals surface area (Å²) in [7, 11) is 0. The Bertz CT molecular complexity index is 979. The van der Waals surface area contributed by atoms with Gasteiger partial charge in [0.1, 0.15) is 0 Å². The Balaban J connectivity index is 1.86. The van der Waals surface area contributed by atoms with E-state index >= 15 is 0 Å². The van der Waals surface area contributed by atoms with Gasteiger partial charge in [0.25, 0.3) is 0 Å². The molecule has 4 rings (SSSR count). The molecule has 2 aromatic carbocycles. The first-order valence-electron chi connectivity index (χ1n) is 6.87. The van der Waals surface area contributed by atoms with E-state index in [1.807, 2.05) is 42.7 Å². The van der Waals surface area contributed by atoms with Crippen molar-refractivity contribution in [2.75, 3.05) is 0 Å². The number of aromatic nitrogens is 2. The van der Waals surface area contributed by atoms with Gasteiger partial charge >= 0.3 is 0 Å². The molecule has 0 bridgehead atoms. The predicted octanol–water partition coefficient (Wildman–Crippen LogP) is 5.59. The Morgan fingerprint density at radius 2 is 1.73 bits per heavy atom. The van der Waals surface area contributed by atoms with E-state index in [0.29, 0.717) is 5.02 Å². The van der Waals surface area contributed by atoms with Crippen molar-refractivity contribution >= 4 is 45.2 Å². The average molecular weight is 323 g/mol. The summed E-state index contributed by atoms with van der Waals surface area (Å²) in [5.74, 6) is 0. The highest BCUT2D eigenvalue weighted by molar-refractivity contribution is 7.99. The van der Waals surface area contributed by atoms with Crippen molar-refractivity contribution in [3.63, 3.8) is 0 Å². The van der Waals surface area contributed by atoms with Gasteiger partial charge in [0.2, 0.25) is 0 Å². The molecule has 2 aromatic heterocycles. The summed E-state index contributed by atoms with van der Waals surface area (Å²) in [6.45, 7) is 0. The first-order valence-corrected chi connectivity index (χ1v) is 8.06. The molecule has 2 nitrogen and oxygen atoms in total. The van der Waals surface area contributed by atoms with Gasteiger partial charge in [-0.3, -0.25) is 9.97 Å². The molecule has 0 atom stereocenters. The number of benzene rings is 2. The zero-order chi connectivity index (χ0) is 14.9. The van der Waals surface area contributed by atoms with Gasteiger partial charge in [0.05, 0.1) is 11.0 Å². The lowest BCUT2D eigenvalue weighted by Crippen LogP contribution is -1.84. The third-order valence-electron chi connectivity index (χ3n) is 3.48. The van der Waals surface area contributed by atoms with Crippen LogP contribution in [0.3, 0.4) is 0 Å². The lowest BCUT2D eigenvalue weighted by atomic mass is 10.2. The van der Waals surface area contributed by atoms with Crippen LogP contribution in [0.4, 0.5) is 0 Å². The second kappa shape index (κ2) is 5.59. The van der Waals surface area contributed by atoms with E-state index in [2.05, 4.69) is 34.2 Å². The van der Waals surface area contributed by atoms with Gasteiger partial charge < -0.3 is 0 Å². The molecule has 0 radical (unpaired) electrons. The number of pyridine rings is 2. The van der Waals surface area contributed by atoms with E-state index in [0.717, 1.165) is 31.6 Å². The van der Waals surface area contributed by atoms with Gasteiger partial charge in [-0.15, -0.1) is 0 Å². The standard InChI is InChI=1S/C18H11ClN2S/c19-13-6-7-14-15(11-13)20-10-8-16(14)22-17-5-1-3-12-4-2-9-21-18(12)17/h1-11H. The van der Waals surface area contributed by atoms with E-state index in [4.69, 9.17) is 11.6 Å². The average Bonchev–Trinajstić information content (AvgIpc) is 2.55. The van der Waals surface area contributed by atoms with Crippen LogP contribution in [0.1, 0.15) is 0 Å². The normalized spacial score (nSPS) is 11.1. The number of nitrogens with zero attached hydrogens (tertiary/aromatic N) is 2. The molecule has 0 aliphatic carbocycles. The first kappa shape index (κ1) is 13.6. The summed E-state index contributed by atoms with van der Waals surface area (Å²) in [6, 6.07) is 18.1. The summed E-state index contributed by atoms with van der Waals surface area (Å²) in [5, 5.41) is 2.95. The fourth-order valence-electron chi connectivity index (χ4n) is 2.46. The number of fused-ring (bicyclic) bond motifs is 2. The molecular weight excluding hydrogens is 312 g/mol. The Kier molecular flexibility index (Phi) is 3.45. The molecule has 0 N–H and O–H groups in total. The van der Waals surface area contributed by atoms with Gasteiger partial charge in [-0.1, -0.05) is 47.6 Å². The lowest BCUT2D eigenvalue weighted by Gasteiger charge is -2.08. The minimum absolute atomic E-state index is 0.703. The third-order valence-corrected chi connectivity index (χ3v) is 4.84. The minimum atomic E-state index is 0.703. The molecular formula is C18H11ClN2S.